The van der Waals surface area contributed by atoms with Gasteiger partial charge >= 0.3 is 12.0 Å². The van der Waals surface area contributed by atoms with Crippen molar-refractivity contribution in [2.45, 2.75) is 44.8 Å². The van der Waals surface area contributed by atoms with Gasteiger partial charge in [0, 0.05) is 5.56 Å². The lowest BCUT2D eigenvalue weighted by Gasteiger charge is -2.36. The SMILES string of the molecule is C[C@H]1CCCC[C@]12NC(=O)N(CC(=O)OCc1ccccc1Oc1ccccc1)C2=O. The number of esters is 1. The molecule has 1 aliphatic heterocycles. The predicted octanol–water partition coefficient (Wildman–Crippen LogP) is 4.02. The number of nitrogens with zero attached hydrogens (tertiary/aromatic N) is 1. The van der Waals surface area contributed by atoms with E-state index in [1.807, 2.05) is 49.4 Å². The summed E-state index contributed by atoms with van der Waals surface area (Å²) in [5.41, 5.74) is -0.194. The molecule has 0 bridgehead atoms. The van der Waals surface area contributed by atoms with Crippen molar-refractivity contribution in [1.29, 1.82) is 0 Å². The van der Waals surface area contributed by atoms with E-state index in [-0.39, 0.29) is 18.4 Å². The molecule has 1 saturated carbocycles. The maximum absolute atomic E-state index is 13.0. The summed E-state index contributed by atoms with van der Waals surface area (Å²) >= 11 is 0. The third-order valence-electron chi connectivity index (χ3n) is 6.12. The Bertz CT molecular complexity index is 977. The monoisotopic (exact) mass is 422 g/mol. The average Bonchev–Trinajstić information content (AvgIpc) is 3.01. The first-order valence-electron chi connectivity index (χ1n) is 10.6. The molecule has 1 spiro atoms. The fourth-order valence-corrected chi connectivity index (χ4v) is 4.31. The molecule has 1 heterocycles. The molecule has 1 saturated heterocycles. The van der Waals surface area contributed by atoms with Crippen LogP contribution in [-0.2, 0) is 20.9 Å². The molecule has 3 amide bonds. The van der Waals surface area contributed by atoms with Gasteiger partial charge in [-0.15, -0.1) is 0 Å². The average molecular weight is 422 g/mol. The van der Waals surface area contributed by atoms with Gasteiger partial charge in [-0.2, -0.15) is 0 Å². The van der Waals surface area contributed by atoms with Crippen LogP contribution in [0.25, 0.3) is 0 Å². The molecule has 0 aromatic heterocycles. The number of carbonyl (C=O) groups is 3. The van der Waals surface area contributed by atoms with Crippen molar-refractivity contribution in [3.8, 4) is 11.5 Å². The first-order valence-corrected chi connectivity index (χ1v) is 10.6. The summed E-state index contributed by atoms with van der Waals surface area (Å²) in [7, 11) is 0. The molecule has 2 aromatic rings. The molecule has 1 N–H and O–H groups in total. The molecule has 2 aromatic carbocycles. The summed E-state index contributed by atoms with van der Waals surface area (Å²) in [6.45, 7) is 1.55. The quantitative estimate of drug-likeness (QED) is 0.561. The lowest BCUT2D eigenvalue weighted by molar-refractivity contribution is -0.149. The van der Waals surface area contributed by atoms with E-state index < -0.39 is 24.1 Å². The van der Waals surface area contributed by atoms with Crippen LogP contribution in [0.15, 0.2) is 54.6 Å². The third kappa shape index (κ3) is 4.26. The lowest BCUT2D eigenvalue weighted by atomic mass is 9.73. The van der Waals surface area contributed by atoms with Crippen molar-refractivity contribution in [3.05, 3.63) is 60.2 Å². The van der Waals surface area contributed by atoms with Crippen molar-refractivity contribution >= 4 is 17.9 Å². The van der Waals surface area contributed by atoms with Gasteiger partial charge in [0.1, 0.15) is 30.2 Å². The zero-order chi connectivity index (χ0) is 21.8. The zero-order valence-electron chi connectivity index (χ0n) is 17.5. The molecule has 162 valence electrons. The fraction of sp³-hybridized carbons (Fsp3) is 0.375. The van der Waals surface area contributed by atoms with Crippen LogP contribution in [0, 0.1) is 5.92 Å². The van der Waals surface area contributed by atoms with Crippen LogP contribution in [0.3, 0.4) is 0 Å². The molecular weight excluding hydrogens is 396 g/mol. The Labute approximate surface area is 181 Å². The Hall–Kier alpha value is -3.35. The van der Waals surface area contributed by atoms with Crippen molar-refractivity contribution in [3.63, 3.8) is 0 Å². The minimum atomic E-state index is -0.883. The third-order valence-corrected chi connectivity index (χ3v) is 6.12. The van der Waals surface area contributed by atoms with Crippen LogP contribution in [0.2, 0.25) is 0 Å². The highest BCUT2D eigenvalue weighted by atomic mass is 16.5. The van der Waals surface area contributed by atoms with Crippen molar-refractivity contribution in [2.75, 3.05) is 6.54 Å². The highest BCUT2D eigenvalue weighted by molar-refractivity contribution is 6.08. The molecular formula is C24H26N2O5. The second-order valence-corrected chi connectivity index (χ2v) is 8.12. The molecule has 2 aliphatic rings. The minimum Gasteiger partial charge on any atom is -0.459 e. The van der Waals surface area contributed by atoms with Crippen LogP contribution in [0.1, 0.15) is 38.2 Å². The van der Waals surface area contributed by atoms with Gasteiger partial charge in [0.25, 0.3) is 5.91 Å². The van der Waals surface area contributed by atoms with E-state index in [1.54, 1.807) is 12.1 Å². The van der Waals surface area contributed by atoms with E-state index in [2.05, 4.69) is 5.32 Å². The minimum absolute atomic E-state index is 0.0208. The van der Waals surface area contributed by atoms with E-state index in [0.717, 1.165) is 24.2 Å². The second-order valence-electron chi connectivity index (χ2n) is 8.12. The van der Waals surface area contributed by atoms with Gasteiger partial charge < -0.3 is 14.8 Å². The lowest BCUT2D eigenvalue weighted by Crippen LogP contribution is -2.54. The number of rotatable bonds is 6. The number of ether oxygens (including phenoxy) is 2. The van der Waals surface area contributed by atoms with Gasteiger partial charge in [-0.05, 0) is 37.0 Å². The Morgan fingerprint density at radius 2 is 1.84 bits per heavy atom. The Morgan fingerprint density at radius 3 is 2.61 bits per heavy atom. The maximum atomic E-state index is 13.0. The van der Waals surface area contributed by atoms with Crippen molar-refractivity contribution in [2.24, 2.45) is 5.92 Å². The summed E-state index contributed by atoms with van der Waals surface area (Å²) in [4.78, 5) is 38.9. The first-order chi connectivity index (χ1) is 15.0. The van der Waals surface area contributed by atoms with Gasteiger partial charge in [0.05, 0.1) is 0 Å². The topological polar surface area (TPSA) is 84.9 Å². The van der Waals surface area contributed by atoms with Gasteiger partial charge in [-0.3, -0.25) is 14.5 Å². The number of benzene rings is 2. The van der Waals surface area contributed by atoms with Crippen LogP contribution in [0.5, 0.6) is 11.5 Å². The molecule has 1 aliphatic carbocycles. The molecule has 2 atom stereocenters. The van der Waals surface area contributed by atoms with E-state index >= 15 is 0 Å². The summed E-state index contributed by atoms with van der Waals surface area (Å²) in [6, 6.07) is 16.0. The van der Waals surface area contributed by atoms with E-state index in [0.29, 0.717) is 23.5 Å². The Balaban J connectivity index is 1.38. The van der Waals surface area contributed by atoms with Gasteiger partial charge in [-0.25, -0.2) is 4.79 Å². The molecule has 7 nitrogen and oxygen atoms in total. The van der Waals surface area contributed by atoms with Crippen LogP contribution in [-0.4, -0.2) is 34.9 Å². The van der Waals surface area contributed by atoms with E-state index in [9.17, 15) is 14.4 Å². The first kappa shape index (κ1) is 20.9. The summed E-state index contributed by atoms with van der Waals surface area (Å²) in [5.74, 6) is 0.327. The summed E-state index contributed by atoms with van der Waals surface area (Å²) in [6.07, 6.45) is 3.41. The Kier molecular flexibility index (Phi) is 5.93. The number of nitrogens with one attached hydrogen (secondary N) is 1. The van der Waals surface area contributed by atoms with Crippen molar-refractivity contribution in [1.82, 2.24) is 10.2 Å². The van der Waals surface area contributed by atoms with Crippen molar-refractivity contribution < 1.29 is 23.9 Å². The number of amides is 3. The summed E-state index contributed by atoms with van der Waals surface area (Å²) < 4.78 is 11.3. The number of imide groups is 1. The zero-order valence-corrected chi connectivity index (χ0v) is 17.5. The normalized spacial score (nSPS) is 23.0. The molecule has 2 fully saturated rings. The highest BCUT2D eigenvalue weighted by Gasteiger charge is 2.55. The van der Waals surface area contributed by atoms with Crippen LogP contribution in [0.4, 0.5) is 4.79 Å². The Morgan fingerprint density at radius 1 is 1.10 bits per heavy atom. The van der Waals surface area contributed by atoms with Gasteiger partial charge in [0.15, 0.2) is 0 Å². The molecule has 31 heavy (non-hydrogen) atoms. The van der Waals surface area contributed by atoms with Crippen LogP contribution < -0.4 is 10.1 Å². The van der Waals surface area contributed by atoms with Gasteiger partial charge in [-0.1, -0.05) is 56.2 Å². The van der Waals surface area contributed by atoms with Crippen LogP contribution >= 0.6 is 0 Å². The number of carbonyl (C=O) groups excluding carboxylic acids is 3. The standard InChI is InChI=1S/C24H26N2O5/c1-17-9-7-8-14-24(17)22(28)26(23(29)25-24)15-21(27)30-16-18-10-5-6-13-20(18)31-19-11-3-2-4-12-19/h2-6,10-13,17H,7-9,14-16H2,1H3,(H,25,29)/t17-,24-/m0/s1. The van der Waals surface area contributed by atoms with E-state index in [4.69, 9.17) is 9.47 Å². The number of urea groups is 1. The molecule has 0 unspecified atom stereocenters. The van der Waals surface area contributed by atoms with E-state index in [1.165, 1.54) is 0 Å². The van der Waals surface area contributed by atoms with Gasteiger partial charge in [0.2, 0.25) is 0 Å². The maximum Gasteiger partial charge on any atom is 0.326 e. The number of para-hydroxylation sites is 2. The molecule has 4 rings (SSSR count). The molecule has 0 radical (unpaired) electrons. The fourth-order valence-electron chi connectivity index (χ4n) is 4.31. The molecule has 7 heteroatoms. The number of hydrogen-bond donors (Lipinski definition) is 1. The smallest absolute Gasteiger partial charge is 0.326 e. The predicted molar refractivity (Wildman–Crippen MR) is 113 cm³/mol. The summed E-state index contributed by atoms with van der Waals surface area (Å²) in [5, 5.41) is 2.84. The largest absolute Gasteiger partial charge is 0.459 e. The highest BCUT2D eigenvalue weighted by Crippen LogP contribution is 2.38. The second kappa shape index (κ2) is 8.79. The number of hydrogen-bond acceptors (Lipinski definition) is 5.